The SMILES string of the molecule is N#C/C(=C/c1cccc(F)c1F)C(=O)c1ccc2c(c1)OCO2. The normalized spacial score (nSPS) is 12.8. The summed E-state index contributed by atoms with van der Waals surface area (Å²) in [5.74, 6) is -1.88. The molecule has 0 bridgehead atoms. The summed E-state index contributed by atoms with van der Waals surface area (Å²) in [4.78, 5) is 12.4. The third-order valence-corrected chi connectivity index (χ3v) is 3.28. The summed E-state index contributed by atoms with van der Waals surface area (Å²) in [6, 6.07) is 9.71. The number of Topliss-reactive ketones (excluding diaryl/α,β-unsaturated/α-hetero) is 1. The lowest BCUT2D eigenvalue weighted by Crippen LogP contribution is -2.02. The number of hydrogen-bond donors (Lipinski definition) is 0. The Morgan fingerprint density at radius 3 is 2.74 bits per heavy atom. The molecule has 6 heteroatoms. The Morgan fingerprint density at radius 1 is 1.17 bits per heavy atom. The molecule has 0 unspecified atom stereocenters. The van der Waals surface area contributed by atoms with Gasteiger partial charge in [0.25, 0.3) is 0 Å². The number of halogens is 2. The summed E-state index contributed by atoms with van der Waals surface area (Å²) in [6.45, 7) is 0.0580. The largest absolute Gasteiger partial charge is 0.454 e. The van der Waals surface area contributed by atoms with Gasteiger partial charge >= 0.3 is 0 Å². The van der Waals surface area contributed by atoms with Gasteiger partial charge in [0, 0.05) is 11.1 Å². The number of rotatable bonds is 3. The predicted octanol–water partition coefficient (Wildman–Crippen LogP) is 3.48. The molecule has 1 aliphatic heterocycles. The van der Waals surface area contributed by atoms with Gasteiger partial charge in [-0.25, -0.2) is 8.78 Å². The van der Waals surface area contributed by atoms with Crippen LogP contribution < -0.4 is 9.47 Å². The number of fused-ring (bicyclic) bond motifs is 1. The number of allylic oxidation sites excluding steroid dienone is 1. The first-order valence-corrected chi connectivity index (χ1v) is 6.60. The van der Waals surface area contributed by atoms with Gasteiger partial charge in [-0.3, -0.25) is 4.79 Å². The monoisotopic (exact) mass is 313 g/mol. The molecule has 0 amide bonds. The maximum absolute atomic E-state index is 13.7. The molecule has 0 aromatic heterocycles. The molecule has 114 valence electrons. The molecule has 0 saturated heterocycles. The number of benzene rings is 2. The van der Waals surface area contributed by atoms with Gasteiger partial charge in [0.15, 0.2) is 23.1 Å². The summed E-state index contributed by atoms with van der Waals surface area (Å²) >= 11 is 0. The molecule has 0 N–H and O–H groups in total. The van der Waals surface area contributed by atoms with E-state index in [0.717, 1.165) is 12.1 Å². The van der Waals surface area contributed by atoms with E-state index in [-0.39, 0.29) is 23.5 Å². The number of carbonyl (C=O) groups excluding carboxylic acids is 1. The van der Waals surface area contributed by atoms with Crippen molar-refractivity contribution in [1.29, 1.82) is 5.26 Å². The van der Waals surface area contributed by atoms with Crippen LogP contribution >= 0.6 is 0 Å². The van der Waals surface area contributed by atoms with Crippen LogP contribution in [0.15, 0.2) is 42.0 Å². The van der Waals surface area contributed by atoms with E-state index >= 15 is 0 Å². The fraction of sp³-hybridized carbons (Fsp3) is 0.0588. The number of ketones is 1. The van der Waals surface area contributed by atoms with E-state index in [2.05, 4.69) is 0 Å². The van der Waals surface area contributed by atoms with Gasteiger partial charge in [0.1, 0.15) is 11.6 Å². The lowest BCUT2D eigenvalue weighted by Gasteiger charge is -2.03. The van der Waals surface area contributed by atoms with Crippen LogP contribution in [0.3, 0.4) is 0 Å². The maximum Gasteiger partial charge on any atom is 0.231 e. The summed E-state index contributed by atoms with van der Waals surface area (Å²) in [6.07, 6.45) is 1.02. The van der Waals surface area contributed by atoms with Crippen molar-refractivity contribution in [3.8, 4) is 17.6 Å². The van der Waals surface area contributed by atoms with E-state index in [1.807, 2.05) is 0 Å². The van der Waals surface area contributed by atoms with Crippen molar-refractivity contribution < 1.29 is 23.0 Å². The summed E-state index contributed by atoms with van der Waals surface area (Å²) in [7, 11) is 0. The fourth-order valence-corrected chi connectivity index (χ4v) is 2.13. The molecule has 0 atom stereocenters. The van der Waals surface area contributed by atoms with Gasteiger partial charge < -0.3 is 9.47 Å². The van der Waals surface area contributed by atoms with Crippen molar-refractivity contribution in [3.63, 3.8) is 0 Å². The molecule has 0 spiro atoms. The summed E-state index contributed by atoms with van der Waals surface area (Å²) < 4.78 is 37.2. The average Bonchev–Trinajstić information content (AvgIpc) is 3.03. The fourth-order valence-electron chi connectivity index (χ4n) is 2.13. The molecule has 2 aromatic rings. The van der Waals surface area contributed by atoms with Gasteiger partial charge in [0.05, 0.1) is 0 Å². The van der Waals surface area contributed by atoms with Crippen LogP contribution in [0.25, 0.3) is 6.08 Å². The second-order valence-corrected chi connectivity index (χ2v) is 4.71. The van der Waals surface area contributed by atoms with Gasteiger partial charge in [-0.05, 0) is 30.3 Å². The van der Waals surface area contributed by atoms with Crippen LogP contribution in [0.4, 0.5) is 8.78 Å². The Morgan fingerprint density at radius 2 is 1.96 bits per heavy atom. The predicted molar refractivity (Wildman–Crippen MR) is 76.8 cm³/mol. The third kappa shape index (κ3) is 2.77. The van der Waals surface area contributed by atoms with Crippen LogP contribution in [0, 0.1) is 23.0 Å². The van der Waals surface area contributed by atoms with Gasteiger partial charge in [-0.2, -0.15) is 5.26 Å². The highest BCUT2D eigenvalue weighted by atomic mass is 19.2. The molecule has 0 fully saturated rings. The highest BCUT2D eigenvalue weighted by Crippen LogP contribution is 2.33. The number of nitriles is 1. The zero-order chi connectivity index (χ0) is 16.4. The van der Waals surface area contributed by atoms with Crippen LogP contribution in [0.5, 0.6) is 11.5 Å². The lowest BCUT2D eigenvalue weighted by molar-refractivity contribution is 0.103. The molecule has 4 nitrogen and oxygen atoms in total. The first-order valence-electron chi connectivity index (χ1n) is 6.60. The second kappa shape index (κ2) is 5.89. The molecule has 0 saturated carbocycles. The molecular weight excluding hydrogens is 304 g/mol. The quantitative estimate of drug-likeness (QED) is 0.494. The molecule has 1 aliphatic rings. The molecule has 3 rings (SSSR count). The molecule has 23 heavy (non-hydrogen) atoms. The van der Waals surface area contributed by atoms with E-state index in [1.165, 1.54) is 24.3 Å². The average molecular weight is 313 g/mol. The Kier molecular flexibility index (Phi) is 3.77. The number of nitrogens with zero attached hydrogens (tertiary/aromatic N) is 1. The summed E-state index contributed by atoms with van der Waals surface area (Å²) in [5, 5.41) is 9.16. The highest BCUT2D eigenvalue weighted by molar-refractivity contribution is 6.14. The molecular formula is C17H9F2NO3. The Bertz CT molecular complexity index is 869. The van der Waals surface area contributed by atoms with Crippen LogP contribution in [0.1, 0.15) is 15.9 Å². The highest BCUT2D eigenvalue weighted by Gasteiger charge is 2.19. The third-order valence-electron chi connectivity index (χ3n) is 3.28. The van der Waals surface area contributed by atoms with Crippen LogP contribution in [0.2, 0.25) is 0 Å². The van der Waals surface area contributed by atoms with Crippen LogP contribution in [-0.2, 0) is 0 Å². The van der Waals surface area contributed by atoms with E-state index in [4.69, 9.17) is 14.7 Å². The van der Waals surface area contributed by atoms with Crippen molar-refractivity contribution in [2.45, 2.75) is 0 Å². The number of hydrogen-bond acceptors (Lipinski definition) is 4. The standard InChI is InChI=1S/C17H9F2NO3/c18-13-3-1-2-10(16(13)19)6-12(8-20)17(21)11-4-5-14-15(7-11)23-9-22-14/h1-7H,9H2/b12-6-. The zero-order valence-electron chi connectivity index (χ0n) is 11.7. The second-order valence-electron chi connectivity index (χ2n) is 4.71. The summed E-state index contributed by atoms with van der Waals surface area (Å²) in [5.41, 5.74) is -0.289. The molecule has 2 aromatic carbocycles. The van der Waals surface area contributed by atoms with Crippen molar-refractivity contribution in [2.24, 2.45) is 0 Å². The van der Waals surface area contributed by atoms with E-state index in [0.29, 0.717) is 11.5 Å². The minimum absolute atomic E-state index is 0.0580. The Hall–Kier alpha value is -3.20. The number of ether oxygens (including phenoxy) is 2. The Labute approximate surface area is 130 Å². The van der Waals surface area contributed by atoms with E-state index in [9.17, 15) is 13.6 Å². The minimum Gasteiger partial charge on any atom is -0.454 e. The van der Waals surface area contributed by atoms with Crippen molar-refractivity contribution in [2.75, 3.05) is 6.79 Å². The lowest BCUT2D eigenvalue weighted by atomic mass is 10.0. The van der Waals surface area contributed by atoms with Gasteiger partial charge in [-0.15, -0.1) is 0 Å². The molecule has 0 aliphatic carbocycles. The van der Waals surface area contributed by atoms with Gasteiger partial charge in [-0.1, -0.05) is 12.1 Å². The van der Waals surface area contributed by atoms with Crippen LogP contribution in [-0.4, -0.2) is 12.6 Å². The number of carbonyl (C=O) groups is 1. The minimum atomic E-state index is -1.11. The van der Waals surface area contributed by atoms with Crippen molar-refractivity contribution >= 4 is 11.9 Å². The van der Waals surface area contributed by atoms with E-state index in [1.54, 1.807) is 12.1 Å². The van der Waals surface area contributed by atoms with Crippen molar-refractivity contribution in [3.05, 3.63) is 64.7 Å². The maximum atomic E-state index is 13.7. The molecule has 1 heterocycles. The van der Waals surface area contributed by atoms with Crippen molar-refractivity contribution in [1.82, 2.24) is 0 Å². The zero-order valence-corrected chi connectivity index (χ0v) is 11.7. The van der Waals surface area contributed by atoms with Gasteiger partial charge in [0.2, 0.25) is 12.6 Å². The Balaban J connectivity index is 1.98. The molecule has 0 radical (unpaired) electrons. The first-order chi connectivity index (χ1) is 11.1. The van der Waals surface area contributed by atoms with E-state index < -0.39 is 17.4 Å². The topological polar surface area (TPSA) is 59.3 Å². The smallest absolute Gasteiger partial charge is 0.231 e. The first kappa shape index (κ1) is 14.7.